The highest BCUT2D eigenvalue weighted by Crippen LogP contribution is 2.18. The zero-order valence-corrected chi connectivity index (χ0v) is 51.2. The molecule has 0 aliphatic carbocycles. The molecule has 0 radical (unpaired) electrons. The summed E-state index contributed by atoms with van der Waals surface area (Å²) in [7, 11) is 0. The summed E-state index contributed by atoms with van der Waals surface area (Å²) >= 11 is 0. The molecule has 1 unspecified atom stereocenters. The van der Waals surface area contributed by atoms with Gasteiger partial charge in [-0.1, -0.05) is 325 Å². The van der Waals surface area contributed by atoms with E-state index in [0.717, 1.165) is 96.3 Å². The number of carbonyl (C=O) groups is 3. The molecule has 0 fully saturated rings. The minimum Gasteiger partial charge on any atom is -0.462 e. The maximum Gasteiger partial charge on any atom is 0.306 e. The van der Waals surface area contributed by atoms with E-state index < -0.39 is 6.10 Å². The molecule has 0 N–H and O–H groups in total. The van der Waals surface area contributed by atoms with Gasteiger partial charge in [0.15, 0.2) is 6.10 Å². The van der Waals surface area contributed by atoms with E-state index in [1.165, 1.54) is 205 Å². The Morgan fingerprint density at radius 1 is 0.273 bits per heavy atom. The fourth-order valence-electron chi connectivity index (χ4n) is 9.74. The van der Waals surface area contributed by atoms with Gasteiger partial charge in [0.2, 0.25) is 0 Å². The molecule has 0 saturated carbocycles. The summed E-state index contributed by atoms with van der Waals surface area (Å²) in [5.74, 6) is -0.869. The molecule has 0 saturated heterocycles. The van der Waals surface area contributed by atoms with Gasteiger partial charge in [-0.3, -0.25) is 14.4 Å². The second-order valence-electron chi connectivity index (χ2n) is 22.4. The summed E-state index contributed by atoms with van der Waals surface area (Å²) in [6.45, 7) is 6.51. The first-order chi connectivity index (χ1) is 38.0. The van der Waals surface area contributed by atoms with Crippen molar-refractivity contribution in [1.29, 1.82) is 0 Å². The Balaban J connectivity index is 4.05. The first kappa shape index (κ1) is 73.8. The Hall–Kier alpha value is -3.15. The number of esters is 3. The highest BCUT2D eigenvalue weighted by Gasteiger charge is 2.19. The number of rotatable bonds is 61. The van der Waals surface area contributed by atoms with Crippen LogP contribution in [0.3, 0.4) is 0 Å². The van der Waals surface area contributed by atoms with Gasteiger partial charge in [0.1, 0.15) is 13.2 Å². The molecule has 6 heteroatoms. The third-order valence-electron chi connectivity index (χ3n) is 14.7. The van der Waals surface area contributed by atoms with Crippen molar-refractivity contribution in [1.82, 2.24) is 0 Å². The van der Waals surface area contributed by atoms with E-state index in [-0.39, 0.29) is 31.1 Å². The Kier molecular flexibility index (Phi) is 62.7. The lowest BCUT2D eigenvalue weighted by Crippen LogP contribution is -2.30. The summed E-state index contributed by atoms with van der Waals surface area (Å²) < 4.78 is 16.8. The molecule has 77 heavy (non-hydrogen) atoms. The molecule has 0 spiro atoms. The Morgan fingerprint density at radius 3 is 0.792 bits per heavy atom. The smallest absolute Gasteiger partial charge is 0.306 e. The van der Waals surface area contributed by atoms with Gasteiger partial charge in [0.25, 0.3) is 0 Å². The Labute approximate surface area is 478 Å². The SMILES string of the molecule is CC/C=C\C/C=C\C/C=C\C/C=C\C/C=C\C/C=C\CCCCCCCCCCCCC(=O)OCC(COC(=O)CCCCCCCC)OC(=O)CCCCCCCCCCCCCCCCCCCCCCCCCC. The quantitative estimate of drug-likeness (QED) is 0.0261. The van der Waals surface area contributed by atoms with E-state index in [0.29, 0.717) is 19.3 Å². The molecule has 0 amide bonds. The number of ether oxygens (including phenoxy) is 3. The number of allylic oxidation sites excluding steroid dienone is 12. The number of hydrogen-bond acceptors (Lipinski definition) is 6. The maximum absolute atomic E-state index is 12.9. The van der Waals surface area contributed by atoms with Gasteiger partial charge in [-0.2, -0.15) is 0 Å². The van der Waals surface area contributed by atoms with Crippen LogP contribution in [0.4, 0.5) is 0 Å². The summed E-state index contributed by atoms with van der Waals surface area (Å²) in [6.07, 6.45) is 85.3. The summed E-state index contributed by atoms with van der Waals surface area (Å²) in [5.41, 5.74) is 0. The summed E-state index contributed by atoms with van der Waals surface area (Å²) in [4.78, 5) is 38.1. The lowest BCUT2D eigenvalue weighted by molar-refractivity contribution is -0.167. The van der Waals surface area contributed by atoms with Gasteiger partial charge in [0.05, 0.1) is 0 Å². The second kappa shape index (κ2) is 65.4. The minimum absolute atomic E-state index is 0.0728. The van der Waals surface area contributed by atoms with Gasteiger partial charge in [-0.05, 0) is 70.6 Å². The van der Waals surface area contributed by atoms with Crippen molar-refractivity contribution >= 4 is 17.9 Å². The molecular formula is C71H126O6. The van der Waals surface area contributed by atoms with Gasteiger partial charge in [-0.25, -0.2) is 0 Å². The fraction of sp³-hybridized carbons (Fsp3) is 0.789. The minimum atomic E-state index is -0.772. The molecule has 0 aromatic heterocycles. The van der Waals surface area contributed by atoms with Crippen molar-refractivity contribution in [2.24, 2.45) is 0 Å². The van der Waals surface area contributed by atoms with Crippen molar-refractivity contribution < 1.29 is 28.6 Å². The Bertz CT molecular complexity index is 1420. The number of carbonyl (C=O) groups excluding carboxylic acids is 3. The monoisotopic (exact) mass is 1070 g/mol. The first-order valence-electron chi connectivity index (χ1n) is 33.4. The zero-order valence-electron chi connectivity index (χ0n) is 51.2. The van der Waals surface area contributed by atoms with Crippen LogP contribution in [0, 0.1) is 0 Å². The van der Waals surface area contributed by atoms with Crippen LogP contribution in [-0.4, -0.2) is 37.2 Å². The van der Waals surface area contributed by atoms with Gasteiger partial charge in [-0.15, -0.1) is 0 Å². The highest BCUT2D eigenvalue weighted by atomic mass is 16.6. The van der Waals surface area contributed by atoms with Gasteiger partial charge < -0.3 is 14.2 Å². The van der Waals surface area contributed by atoms with Crippen LogP contribution in [-0.2, 0) is 28.6 Å². The van der Waals surface area contributed by atoms with Gasteiger partial charge in [0, 0.05) is 19.3 Å². The Morgan fingerprint density at radius 2 is 0.506 bits per heavy atom. The predicted octanol–water partition coefficient (Wildman–Crippen LogP) is 22.9. The highest BCUT2D eigenvalue weighted by molar-refractivity contribution is 5.71. The fourth-order valence-corrected chi connectivity index (χ4v) is 9.74. The molecule has 6 nitrogen and oxygen atoms in total. The van der Waals surface area contributed by atoms with Crippen LogP contribution in [0.25, 0.3) is 0 Å². The first-order valence-corrected chi connectivity index (χ1v) is 33.4. The van der Waals surface area contributed by atoms with Crippen LogP contribution in [0.2, 0.25) is 0 Å². The van der Waals surface area contributed by atoms with Crippen LogP contribution in [0.5, 0.6) is 0 Å². The van der Waals surface area contributed by atoms with Crippen molar-refractivity contribution in [3.05, 3.63) is 72.9 Å². The zero-order chi connectivity index (χ0) is 55.7. The van der Waals surface area contributed by atoms with E-state index in [1.807, 2.05) is 0 Å². The normalized spacial score (nSPS) is 12.5. The molecule has 446 valence electrons. The summed E-state index contributed by atoms with van der Waals surface area (Å²) in [5, 5.41) is 0. The average molecular weight is 1080 g/mol. The molecule has 0 aromatic carbocycles. The van der Waals surface area contributed by atoms with E-state index in [9.17, 15) is 14.4 Å². The molecule has 0 bridgehead atoms. The van der Waals surface area contributed by atoms with Crippen molar-refractivity contribution in [3.8, 4) is 0 Å². The van der Waals surface area contributed by atoms with Crippen LogP contribution >= 0.6 is 0 Å². The number of unbranched alkanes of at least 4 members (excludes halogenated alkanes) is 38. The molecular weight excluding hydrogens is 949 g/mol. The molecule has 0 rings (SSSR count). The van der Waals surface area contributed by atoms with Crippen LogP contribution < -0.4 is 0 Å². The molecule has 0 aliphatic rings. The van der Waals surface area contributed by atoms with Crippen molar-refractivity contribution in [2.45, 2.75) is 348 Å². The van der Waals surface area contributed by atoms with Crippen LogP contribution in [0.15, 0.2) is 72.9 Å². The van der Waals surface area contributed by atoms with E-state index in [4.69, 9.17) is 14.2 Å². The second-order valence-corrected chi connectivity index (χ2v) is 22.4. The van der Waals surface area contributed by atoms with E-state index in [1.54, 1.807) is 0 Å². The maximum atomic E-state index is 12.9. The third-order valence-corrected chi connectivity index (χ3v) is 14.7. The third kappa shape index (κ3) is 63.6. The molecule has 0 aliphatic heterocycles. The topological polar surface area (TPSA) is 78.9 Å². The summed E-state index contributed by atoms with van der Waals surface area (Å²) in [6, 6.07) is 0. The molecule has 0 heterocycles. The van der Waals surface area contributed by atoms with E-state index >= 15 is 0 Å². The molecule has 0 aromatic rings. The average Bonchev–Trinajstić information content (AvgIpc) is 3.43. The molecule has 1 atom stereocenters. The van der Waals surface area contributed by atoms with Crippen molar-refractivity contribution in [3.63, 3.8) is 0 Å². The van der Waals surface area contributed by atoms with Crippen LogP contribution in [0.1, 0.15) is 342 Å². The van der Waals surface area contributed by atoms with Gasteiger partial charge >= 0.3 is 17.9 Å². The van der Waals surface area contributed by atoms with E-state index in [2.05, 4.69) is 93.7 Å². The lowest BCUT2D eigenvalue weighted by atomic mass is 10.0. The standard InChI is InChI=1S/C71H126O6/c1-4-7-10-13-16-18-20-22-24-26-28-30-32-34-35-36-37-38-40-41-43-45-47-49-51-53-55-58-61-64-70(73)76-67-68(66-75-69(72)63-60-57-15-12-9-6-3)77-71(74)65-62-59-56-54-52-50-48-46-44-42-39-33-31-29-27-25-23-21-19-17-14-11-8-5-2/h7,10,16,18,22,24,28,30,34-35,37-38,68H,4-6,8-9,11-15,17,19-21,23,25-27,29,31-33,36,39-67H2,1-3H3/b10-7-,18-16-,24-22-,30-28-,35-34-,38-37-. The lowest BCUT2D eigenvalue weighted by Gasteiger charge is -2.18. The van der Waals surface area contributed by atoms with Crippen molar-refractivity contribution in [2.75, 3.05) is 13.2 Å². The largest absolute Gasteiger partial charge is 0.462 e. The number of hydrogen-bond donors (Lipinski definition) is 0. The predicted molar refractivity (Wildman–Crippen MR) is 335 cm³/mol.